The van der Waals surface area contributed by atoms with E-state index in [9.17, 15) is 0 Å². The Balaban J connectivity index is 2.39. The number of hydrogen-bond acceptors (Lipinski definition) is 1. The molecule has 0 N–H and O–H groups in total. The Morgan fingerprint density at radius 1 is 1.14 bits per heavy atom. The van der Waals surface area contributed by atoms with Crippen molar-refractivity contribution in [3.8, 4) is 0 Å². The molecule has 1 nitrogen and oxygen atoms in total. The molecule has 124 valence electrons. The highest BCUT2D eigenvalue weighted by atomic mass is 28.4. The maximum atomic E-state index is 6.20. The van der Waals surface area contributed by atoms with Gasteiger partial charge in [-0.2, -0.15) is 0 Å². The molecule has 0 unspecified atom stereocenters. The zero-order valence-corrected chi connectivity index (χ0v) is 16.4. The number of hydrogen-bond donors (Lipinski definition) is 0. The Labute approximate surface area is 138 Å². The first-order chi connectivity index (χ1) is 10.3. The summed E-state index contributed by atoms with van der Waals surface area (Å²) in [5.41, 5.74) is 1.44. The first kappa shape index (κ1) is 19.2. The van der Waals surface area contributed by atoms with Crippen molar-refractivity contribution in [2.75, 3.05) is 6.61 Å². The lowest BCUT2D eigenvalue weighted by molar-refractivity contribution is 0.327. The second-order valence-electron chi connectivity index (χ2n) is 7.69. The molecule has 2 heteroatoms. The standard InChI is InChI=1S/C20H34OSi/c1-7-18(15-16-19-12-9-8-10-13-19)14-11-17-21-22(5,6)20(2,3)4/h8-14,18H,7,15-17H2,1-6H3/b14-11+/t18-/m1/s1. The number of rotatable bonds is 8. The van der Waals surface area contributed by atoms with Crippen LogP contribution in [0.2, 0.25) is 18.1 Å². The van der Waals surface area contributed by atoms with E-state index < -0.39 is 8.32 Å². The zero-order chi connectivity index (χ0) is 16.6. The van der Waals surface area contributed by atoms with Crippen molar-refractivity contribution in [1.82, 2.24) is 0 Å². The van der Waals surface area contributed by atoms with Gasteiger partial charge in [0.15, 0.2) is 8.32 Å². The highest BCUT2D eigenvalue weighted by molar-refractivity contribution is 6.74. The molecular formula is C20H34OSi. The highest BCUT2D eigenvalue weighted by Gasteiger charge is 2.36. The summed E-state index contributed by atoms with van der Waals surface area (Å²) in [6.07, 6.45) is 8.17. The SMILES string of the molecule is CC[C@H](/C=C/CO[Si](C)(C)C(C)(C)C)CCc1ccccc1. The van der Waals surface area contributed by atoms with Crippen molar-refractivity contribution in [2.45, 2.75) is 65.1 Å². The molecule has 0 radical (unpaired) electrons. The smallest absolute Gasteiger partial charge is 0.192 e. The van der Waals surface area contributed by atoms with Gasteiger partial charge in [0.2, 0.25) is 0 Å². The van der Waals surface area contributed by atoms with Gasteiger partial charge in [-0.25, -0.2) is 0 Å². The van der Waals surface area contributed by atoms with Crippen LogP contribution in [0.3, 0.4) is 0 Å². The van der Waals surface area contributed by atoms with E-state index in [0.29, 0.717) is 5.92 Å². The molecule has 0 aromatic heterocycles. The lowest BCUT2D eigenvalue weighted by atomic mass is 9.97. The van der Waals surface area contributed by atoms with Gasteiger partial charge in [0, 0.05) is 0 Å². The van der Waals surface area contributed by atoms with Crippen LogP contribution in [0.4, 0.5) is 0 Å². The van der Waals surface area contributed by atoms with Crippen molar-refractivity contribution < 1.29 is 4.43 Å². The molecule has 22 heavy (non-hydrogen) atoms. The molecular weight excluding hydrogens is 284 g/mol. The minimum absolute atomic E-state index is 0.290. The normalized spacial score (nSPS) is 14.5. The van der Waals surface area contributed by atoms with E-state index >= 15 is 0 Å². The Kier molecular flexibility index (Phi) is 7.57. The Bertz CT molecular complexity index is 443. The molecule has 0 aliphatic heterocycles. The van der Waals surface area contributed by atoms with E-state index in [1.807, 2.05) is 0 Å². The highest BCUT2D eigenvalue weighted by Crippen LogP contribution is 2.36. The minimum atomic E-state index is -1.61. The minimum Gasteiger partial charge on any atom is -0.413 e. The quantitative estimate of drug-likeness (QED) is 0.408. The average molecular weight is 319 g/mol. The summed E-state index contributed by atoms with van der Waals surface area (Å²) < 4.78 is 6.20. The Morgan fingerprint density at radius 3 is 2.32 bits per heavy atom. The molecule has 0 spiro atoms. The second-order valence-corrected chi connectivity index (χ2v) is 12.5. The van der Waals surface area contributed by atoms with Crippen molar-refractivity contribution in [1.29, 1.82) is 0 Å². The molecule has 0 amide bonds. The van der Waals surface area contributed by atoms with Crippen molar-refractivity contribution in [3.05, 3.63) is 48.0 Å². The van der Waals surface area contributed by atoms with Crippen LogP contribution in [0.1, 0.15) is 46.1 Å². The molecule has 1 atom stereocenters. The van der Waals surface area contributed by atoms with Gasteiger partial charge in [0.1, 0.15) is 0 Å². The summed E-state index contributed by atoms with van der Waals surface area (Å²) in [6, 6.07) is 10.8. The van der Waals surface area contributed by atoms with Gasteiger partial charge >= 0.3 is 0 Å². The predicted octanol–water partition coefficient (Wildman–Crippen LogP) is 6.22. The van der Waals surface area contributed by atoms with Crippen LogP contribution in [-0.4, -0.2) is 14.9 Å². The van der Waals surface area contributed by atoms with Gasteiger partial charge in [-0.3, -0.25) is 0 Å². The Hall–Kier alpha value is -0.863. The van der Waals surface area contributed by atoms with Gasteiger partial charge in [-0.1, -0.05) is 70.2 Å². The average Bonchev–Trinajstić information content (AvgIpc) is 2.46. The summed E-state index contributed by atoms with van der Waals surface area (Å²) in [6.45, 7) is 14.5. The lowest BCUT2D eigenvalue weighted by Gasteiger charge is -2.35. The van der Waals surface area contributed by atoms with Crippen molar-refractivity contribution in [2.24, 2.45) is 5.92 Å². The topological polar surface area (TPSA) is 9.23 Å². The molecule has 1 aromatic carbocycles. The van der Waals surface area contributed by atoms with Gasteiger partial charge in [-0.15, -0.1) is 0 Å². The second kappa shape index (κ2) is 8.69. The fraction of sp³-hybridized carbons (Fsp3) is 0.600. The third kappa shape index (κ3) is 6.49. The third-order valence-electron chi connectivity index (χ3n) is 4.93. The van der Waals surface area contributed by atoms with Crippen LogP contribution < -0.4 is 0 Å². The molecule has 0 bridgehead atoms. The van der Waals surface area contributed by atoms with Crippen LogP contribution in [0.15, 0.2) is 42.5 Å². The monoisotopic (exact) mass is 318 g/mol. The lowest BCUT2D eigenvalue weighted by Crippen LogP contribution is -2.40. The van der Waals surface area contributed by atoms with E-state index in [1.54, 1.807) is 0 Å². The van der Waals surface area contributed by atoms with Crippen LogP contribution in [0, 0.1) is 5.92 Å². The van der Waals surface area contributed by atoms with Crippen LogP contribution in [0.25, 0.3) is 0 Å². The zero-order valence-electron chi connectivity index (χ0n) is 15.4. The first-order valence-electron chi connectivity index (χ1n) is 8.61. The van der Waals surface area contributed by atoms with E-state index in [4.69, 9.17) is 4.43 Å². The van der Waals surface area contributed by atoms with Crippen molar-refractivity contribution in [3.63, 3.8) is 0 Å². The molecule has 0 fully saturated rings. The van der Waals surface area contributed by atoms with E-state index in [0.717, 1.165) is 13.0 Å². The maximum absolute atomic E-state index is 6.20. The number of benzene rings is 1. The number of allylic oxidation sites excluding steroid dienone is 1. The third-order valence-corrected chi connectivity index (χ3v) is 9.43. The van der Waals surface area contributed by atoms with Gasteiger partial charge in [-0.05, 0) is 48.9 Å². The summed E-state index contributed by atoms with van der Waals surface area (Å²) in [5.74, 6) is 0.656. The summed E-state index contributed by atoms with van der Waals surface area (Å²) in [5, 5.41) is 0.290. The maximum Gasteiger partial charge on any atom is 0.192 e. The van der Waals surface area contributed by atoms with E-state index in [-0.39, 0.29) is 5.04 Å². The van der Waals surface area contributed by atoms with Crippen molar-refractivity contribution >= 4 is 8.32 Å². The summed E-state index contributed by atoms with van der Waals surface area (Å²) >= 11 is 0. The molecule has 0 heterocycles. The fourth-order valence-electron chi connectivity index (χ4n) is 2.15. The fourth-order valence-corrected chi connectivity index (χ4v) is 3.10. The van der Waals surface area contributed by atoms with Gasteiger partial charge in [0.25, 0.3) is 0 Å². The molecule has 0 aliphatic rings. The van der Waals surface area contributed by atoms with Crippen LogP contribution in [-0.2, 0) is 10.8 Å². The molecule has 0 aliphatic carbocycles. The van der Waals surface area contributed by atoms with Gasteiger partial charge < -0.3 is 4.43 Å². The number of aryl methyl sites for hydroxylation is 1. The molecule has 0 saturated carbocycles. The van der Waals surface area contributed by atoms with Gasteiger partial charge in [0.05, 0.1) is 6.61 Å². The van der Waals surface area contributed by atoms with E-state index in [1.165, 1.54) is 18.4 Å². The molecule has 1 rings (SSSR count). The molecule has 0 saturated heterocycles. The molecule has 1 aromatic rings. The van der Waals surface area contributed by atoms with Crippen LogP contribution >= 0.6 is 0 Å². The largest absolute Gasteiger partial charge is 0.413 e. The summed E-state index contributed by atoms with van der Waals surface area (Å²) in [7, 11) is -1.61. The predicted molar refractivity (Wildman–Crippen MR) is 101 cm³/mol. The summed E-state index contributed by atoms with van der Waals surface area (Å²) in [4.78, 5) is 0. The Morgan fingerprint density at radius 2 is 1.77 bits per heavy atom. The van der Waals surface area contributed by atoms with Crippen LogP contribution in [0.5, 0.6) is 0 Å². The van der Waals surface area contributed by atoms with E-state index in [2.05, 4.69) is 83.3 Å². The first-order valence-corrected chi connectivity index (χ1v) is 11.5.